The van der Waals surface area contributed by atoms with E-state index in [0.717, 1.165) is 5.75 Å². The van der Waals surface area contributed by atoms with Crippen molar-refractivity contribution in [3.8, 4) is 5.75 Å². The van der Waals surface area contributed by atoms with Crippen LogP contribution in [0.4, 0.5) is 0 Å². The summed E-state index contributed by atoms with van der Waals surface area (Å²) in [5.41, 5.74) is 1.63. The van der Waals surface area contributed by atoms with Crippen molar-refractivity contribution in [1.82, 2.24) is 0 Å². The standard InChI is InChI=1S/C20H34O2/c1-9-21-19(15(4)5)22-17-12-10-16(11-13-17)18(14(2)3)20(6,7)8/h10-15,18-19H,9H2,1-8H3. The summed E-state index contributed by atoms with van der Waals surface area (Å²) in [7, 11) is 0. The Morgan fingerprint density at radius 1 is 0.909 bits per heavy atom. The molecule has 0 aliphatic carbocycles. The molecule has 0 heterocycles. The van der Waals surface area contributed by atoms with Gasteiger partial charge in [-0.3, -0.25) is 0 Å². The largest absolute Gasteiger partial charge is 0.465 e. The molecule has 0 aliphatic heterocycles. The van der Waals surface area contributed by atoms with E-state index in [2.05, 4.69) is 72.7 Å². The van der Waals surface area contributed by atoms with Gasteiger partial charge in [-0.2, -0.15) is 0 Å². The summed E-state index contributed by atoms with van der Waals surface area (Å²) in [6.07, 6.45) is -0.181. The molecule has 1 aromatic rings. The van der Waals surface area contributed by atoms with Crippen LogP contribution in [-0.4, -0.2) is 12.9 Å². The number of hydrogen-bond donors (Lipinski definition) is 0. The van der Waals surface area contributed by atoms with Crippen molar-refractivity contribution in [2.24, 2.45) is 17.3 Å². The fourth-order valence-corrected chi connectivity index (χ4v) is 3.30. The third-order valence-electron chi connectivity index (χ3n) is 3.97. The second-order valence-corrected chi connectivity index (χ2v) is 7.84. The molecule has 22 heavy (non-hydrogen) atoms. The predicted octanol–water partition coefficient (Wildman–Crippen LogP) is 5.87. The van der Waals surface area contributed by atoms with Gasteiger partial charge in [-0.25, -0.2) is 0 Å². The second kappa shape index (κ2) is 8.01. The zero-order valence-corrected chi connectivity index (χ0v) is 15.6. The minimum Gasteiger partial charge on any atom is -0.465 e. The van der Waals surface area contributed by atoms with Gasteiger partial charge in [-0.05, 0) is 41.9 Å². The Morgan fingerprint density at radius 3 is 1.82 bits per heavy atom. The maximum atomic E-state index is 5.97. The molecule has 0 N–H and O–H groups in total. The molecule has 0 saturated carbocycles. The van der Waals surface area contributed by atoms with E-state index in [1.165, 1.54) is 5.56 Å². The summed E-state index contributed by atoms with van der Waals surface area (Å²) >= 11 is 0. The Labute approximate surface area is 137 Å². The van der Waals surface area contributed by atoms with Gasteiger partial charge in [-0.15, -0.1) is 0 Å². The third-order valence-corrected chi connectivity index (χ3v) is 3.97. The first-order valence-corrected chi connectivity index (χ1v) is 8.55. The van der Waals surface area contributed by atoms with E-state index in [-0.39, 0.29) is 11.7 Å². The van der Waals surface area contributed by atoms with E-state index in [1.807, 2.05) is 6.92 Å². The lowest BCUT2D eigenvalue weighted by atomic mass is 9.70. The van der Waals surface area contributed by atoms with Gasteiger partial charge < -0.3 is 9.47 Å². The molecule has 1 aromatic carbocycles. The van der Waals surface area contributed by atoms with Gasteiger partial charge in [0.25, 0.3) is 0 Å². The van der Waals surface area contributed by atoms with Crippen molar-refractivity contribution in [3.05, 3.63) is 29.8 Å². The van der Waals surface area contributed by atoms with Gasteiger partial charge in [0.15, 0.2) is 0 Å². The van der Waals surface area contributed by atoms with Crippen LogP contribution in [0.25, 0.3) is 0 Å². The smallest absolute Gasteiger partial charge is 0.202 e. The summed E-state index contributed by atoms with van der Waals surface area (Å²) < 4.78 is 11.6. The molecule has 0 radical (unpaired) electrons. The van der Waals surface area contributed by atoms with Crippen LogP contribution in [0.3, 0.4) is 0 Å². The summed E-state index contributed by atoms with van der Waals surface area (Å²) in [5, 5.41) is 0. The van der Waals surface area contributed by atoms with Crippen LogP contribution in [0, 0.1) is 17.3 Å². The lowest BCUT2D eigenvalue weighted by molar-refractivity contribution is -0.103. The van der Waals surface area contributed by atoms with Crippen LogP contribution in [0.15, 0.2) is 24.3 Å². The fraction of sp³-hybridized carbons (Fsp3) is 0.700. The predicted molar refractivity (Wildman–Crippen MR) is 94.4 cm³/mol. The highest BCUT2D eigenvalue weighted by Gasteiger charge is 2.29. The molecule has 0 bridgehead atoms. The van der Waals surface area contributed by atoms with Gasteiger partial charge in [0.05, 0.1) is 0 Å². The Balaban J connectivity index is 2.89. The number of benzene rings is 1. The second-order valence-electron chi connectivity index (χ2n) is 7.84. The van der Waals surface area contributed by atoms with Gasteiger partial charge >= 0.3 is 0 Å². The highest BCUT2D eigenvalue weighted by atomic mass is 16.7. The van der Waals surface area contributed by atoms with Crippen LogP contribution < -0.4 is 4.74 Å². The molecule has 2 unspecified atom stereocenters. The minimum atomic E-state index is -0.181. The zero-order chi connectivity index (χ0) is 16.9. The lowest BCUT2D eigenvalue weighted by Gasteiger charge is -2.34. The maximum absolute atomic E-state index is 5.97. The number of rotatable bonds is 7. The van der Waals surface area contributed by atoms with Crippen LogP contribution in [0.1, 0.15) is 66.9 Å². The van der Waals surface area contributed by atoms with Crippen molar-refractivity contribution in [2.75, 3.05) is 6.61 Å². The topological polar surface area (TPSA) is 18.5 Å². The van der Waals surface area contributed by atoms with E-state index < -0.39 is 0 Å². The van der Waals surface area contributed by atoms with E-state index >= 15 is 0 Å². The molecule has 0 aromatic heterocycles. The highest BCUT2D eigenvalue weighted by molar-refractivity contribution is 5.30. The Hall–Kier alpha value is -1.02. The molecular weight excluding hydrogens is 272 g/mol. The fourth-order valence-electron chi connectivity index (χ4n) is 3.30. The molecular formula is C20H34O2. The molecule has 0 spiro atoms. The van der Waals surface area contributed by atoms with Crippen LogP contribution >= 0.6 is 0 Å². The molecule has 2 heteroatoms. The van der Waals surface area contributed by atoms with Crippen molar-refractivity contribution in [1.29, 1.82) is 0 Å². The van der Waals surface area contributed by atoms with E-state index in [4.69, 9.17) is 9.47 Å². The third kappa shape index (κ3) is 5.31. The first-order chi connectivity index (χ1) is 10.2. The van der Waals surface area contributed by atoms with Crippen molar-refractivity contribution in [2.45, 2.75) is 67.6 Å². The van der Waals surface area contributed by atoms with Crippen LogP contribution in [0.5, 0.6) is 5.75 Å². The Bertz CT molecular complexity index is 426. The van der Waals surface area contributed by atoms with Crippen LogP contribution in [0.2, 0.25) is 0 Å². The molecule has 0 fully saturated rings. The average molecular weight is 306 g/mol. The molecule has 2 nitrogen and oxygen atoms in total. The monoisotopic (exact) mass is 306 g/mol. The summed E-state index contributed by atoms with van der Waals surface area (Å²) in [6, 6.07) is 8.55. The normalized spacial score (nSPS) is 15.2. The quantitative estimate of drug-likeness (QED) is 0.586. The van der Waals surface area contributed by atoms with Crippen molar-refractivity contribution >= 4 is 0 Å². The first-order valence-electron chi connectivity index (χ1n) is 8.55. The Kier molecular flexibility index (Phi) is 6.93. The van der Waals surface area contributed by atoms with E-state index in [9.17, 15) is 0 Å². The van der Waals surface area contributed by atoms with Gasteiger partial charge in [0.1, 0.15) is 5.75 Å². The van der Waals surface area contributed by atoms with Gasteiger partial charge in [0, 0.05) is 12.5 Å². The molecule has 2 atom stereocenters. The molecule has 0 amide bonds. The lowest BCUT2D eigenvalue weighted by Crippen LogP contribution is -2.26. The zero-order valence-electron chi connectivity index (χ0n) is 15.6. The molecule has 0 saturated heterocycles. The average Bonchev–Trinajstić information content (AvgIpc) is 2.38. The van der Waals surface area contributed by atoms with Crippen LogP contribution in [-0.2, 0) is 4.74 Å². The maximum Gasteiger partial charge on any atom is 0.202 e. The summed E-state index contributed by atoms with van der Waals surface area (Å²) in [6.45, 7) is 18.4. The van der Waals surface area contributed by atoms with E-state index in [0.29, 0.717) is 24.4 Å². The Morgan fingerprint density at radius 2 is 1.45 bits per heavy atom. The minimum absolute atomic E-state index is 0.181. The number of ether oxygens (including phenoxy) is 2. The van der Waals surface area contributed by atoms with Gasteiger partial charge in [-0.1, -0.05) is 60.6 Å². The molecule has 126 valence electrons. The molecule has 1 rings (SSSR count). The van der Waals surface area contributed by atoms with Crippen molar-refractivity contribution in [3.63, 3.8) is 0 Å². The van der Waals surface area contributed by atoms with Gasteiger partial charge in [0.2, 0.25) is 6.29 Å². The SMILES string of the molecule is CCOC(Oc1ccc(C(C(C)C)C(C)(C)C)cc1)C(C)C. The first kappa shape index (κ1) is 19.0. The number of hydrogen-bond acceptors (Lipinski definition) is 2. The highest BCUT2D eigenvalue weighted by Crippen LogP contribution is 2.41. The van der Waals surface area contributed by atoms with E-state index in [1.54, 1.807) is 0 Å². The van der Waals surface area contributed by atoms with Crippen molar-refractivity contribution < 1.29 is 9.47 Å². The summed E-state index contributed by atoms with van der Waals surface area (Å²) in [4.78, 5) is 0. The summed E-state index contributed by atoms with van der Waals surface area (Å²) in [5.74, 6) is 2.36. The molecule has 0 aliphatic rings.